The van der Waals surface area contributed by atoms with Gasteiger partial charge in [-0.3, -0.25) is 4.79 Å². The first kappa shape index (κ1) is 25.5. The molecule has 0 aliphatic rings. The van der Waals surface area contributed by atoms with Crippen molar-refractivity contribution in [3.8, 4) is 11.1 Å². The lowest BCUT2D eigenvalue weighted by atomic mass is 10.1. The average molecular weight is 527 g/mol. The Bertz CT molecular complexity index is 1610. The second kappa shape index (κ2) is 11.5. The first-order valence-electron chi connectivity index (χ1n) is 12.7. The number of hydrogen-bond donors (Lipinski definition) is 1. The molecule has 5 aromatic rings. The highest BCUT2D eigenvalue weighted by atomic mass is 32.2. The van der Waals surface area contributed by atoms with Gasteiger partial charge in [-0.05, 0) is 54.2 Å². The molecule has 5 rings (SSSR count). The molecule has 0 radical (unpaired) electrons. The molecule has 38 heavy (non-hydrogen) atoms. The smallest absolute Gasteiger partial charge is 0.268 e. The zero-order valence-electron chi connectivity index (χ0n) is 21.0. The molecular weight excluding hydrogens is 496 g/mol. The summed E-state index contributed by atoms with van der Waals surface area (Å²) in [6.07, 6.45) is 9.57. The van der Waals surface area contributed by atoms with Crippen molar-refractivity contribution in [1.82, 2.24) is 18.8 Å². The Hall–Kier alpha value is -4.17. The molecule has 0 saturated heterocycles. The van der Waals surface area contributed by atoms with Crippen molar-refractivity contribution in [3.63, 3.8) is 0 Å². The molecule has 0 bridgehead atoms. The van der Waals surface area contributed by atoms with E-state index in [0.29, 0.717) is 31.3 Å². The predicted molar refractivity (Wildman–Crippen MR) is 149 cm³/mol. The molecule has 2 heterocycles. The lowest BCUT2D eigenvalue weighted by Crippen LogP contribution is -2.24. The number of hydrogen-bond acceptors (Lipinski definition) is 4. The third kappa shape index (κ3) is 5.70. The van der Waals surface area contributed by atoms with Gasteiger partial charge in [0.2, 0.25) is 5.91 Å². The van der Waals surface area contributed by atoms with Crippen LogP contribution in [0.1, 0.15) is 24.8 Å². The molecule has 7 nitrogen and oxygen atoms in total. The summed E-state index contributed by atoms with van der Waals surface area (Å²) in [4.78, 5) is 16.6. The molecule has 3 aromatic carbocycles. The Morgan fingerprint density at radius 1 is 0.868 bits per heavy atom. The number of imidazole rings is 1. The molecule has 0 aliphatic carbocycles. The monoisotopic (exact) mass is 526 g/mol. The number of para-hydroxylation sites is 1. The van der Waals surface area contributed by atoms with Crippen molar-refractivity contribution in [1.29, 1.82) is 0 Å². The summed E-state index contributed by atoms with van der Waals surface area (Å²) in [5, 5.41) is 3.85. The Labute approximate surface area is 222 Å². The highest BCUT2D eigenvalue weighted by Gasteiger charge is 2.21. The Morgan fingerprint density at radius 2 is 1.61 bits per heavy atom. The highest BCUT2D eigenvalue weighted by molar-refractivity contribution is 7.90. The molecule has 1 N–H and O–H groups in total. The second-order valence-corrected chi connectivity index (χ2v) is 11.0. The maximum Gasteiger partial charge on any atom is 0.268 e. The lowest BCUT2D eigenvalue weighted by molar-refractivity contribution is -0.121. The van der Waals surface area contributed by atoms with Crippen molar-refractivity contribution in [2.75, 3.05) is 6.54 Å². The van der Waals surface area contributed by atoms with Gasteiger partial charge in [0.25, 0.3) is 10.0 Å². The van der Waals surface area contributed by atoms with E-state index in [2.05, 4.69) is 10.3 Å². The van der Waals surface area contributed by atoms with Crippen molar-refractivity contribution in [2.24, 2.45) is 0 Å². The number of fused-ring (bicyclic) bond motifs is 1. The van der Waals surface area contributed by atoms with Crippen LogP contribution in [-0.4, -0.2) is 34.4 Å². The maximum atomic E-state index is 13.6. The molecule has 0 unspecified atom stereocenters. The van der Waals surface area contributed by atoms with Gasteiger partial charge in [0.15, 0.2) is 0 Å². The molecule has 0 saturated carbocycles. The fraction of sp³-hybridized carbons (Fsp3) is 0.200. The van der Waals surface area contributed by atoms with Crippen LogP contribution in [0.15, 0.2) is 109 Å². The first-order valence-corrected chi connectivity index (χ1v) is 14.2. The minimum absolute atomic E-state index is 0.00509. The summed E-state index contributed by atoms with van der Waals surface area (Å²) >= 11 is 0. The lowest BCUT2D eigenvalue weighted by Gasteiger charge is -2.09. The van der Waals surface area contributed by atoms with E-state index < -0.39 is 10.0 Å². The normalized spacial score (nSPS) is 11.6. The molecule has 0 fully saturated rings. The number of nitrogens with one attached hydrogen (secondary N) is 1. The van der Waals surface area contributed by atoms with E-state index in [4.69, 9.17) is 0 Å². The van der Waals surface area contributed by atoms with E-state index in [1.54, 1.807) is 30.9 Å². The topological polar surface area (TPSA) is 86.0 Å². The molecule has 8 heteroatoms. The van der Waals surface area contributed by atoms with E-state index in [-0.39, 0.29) is 10.8 Å². The average Bonchev–Trinajstić information content (AvgIpc) is 3.60. The number of rotatable bonds is 11. The van der Waals surface area contributed by atoms with Crippen LogP contribution in [0.4, 0.5) is 0 Å². The van der Waals surface area contributed by atoms with Crippen LogP contribution in [-0.2, 0) is 27.8 Å². The fourth-order valence-electron chi connectivity index (χ4n) is 4.62. The number of aryl methyl sites for hydroxylation is 2. The molecule has 194 valence electrons. The maximum absolute atomic E-state index is 13.6. The van der Waals surface area contributed by atoms with Gasteiger partial charge in [0.05, 0.1) is 16.7 Å². The summed E-state index contributed by atoms with van der Waals surface area (Å²) in [5.41, 5.74) is 3.55. The quantitative estimate of drug-likeness (QED) is 0.238. The third-order valence-electron chi connectivity index (χ3n) is 6.60. The van der Waals surface area contributed by atoms with Crippen molar-refractivity contribution in [3.05, 3.63) is 109 Å². The minimum Gasteiger partial charge on any atom is -0.356 e. The summed E-state index contributed by atoms with van der Waals surface area (Å²) in [7, 11) is -3.79. The number of carbonyl (C=O) groups excluding carboxylic acids is 1. The van der Waals surface area contributed by atoms with Gasteiger partial charge >= 0.3 is 0 Å². The van der Waals surface area contributed by atoms with Crippen LogP contribution in [0.5, 0.6) is 0 Å². The number of aromatic nitrogens is 3. The van der Waals surface area contributed by atoms with Crippen LogP contribution in [0.3, 0.4) is 0 Å². The van der Waals surface area contributed by atoms with Crippen LogP contribution in [0.25, 0.3) is 22.0 Å². The van der Waals surface area contributed by atoms with Gasteiger partial charge in [0, 0.05) is 43.5 Å². The number of carbonyl (C=O) groups is 1. The third-order valence-corrected chi connectivity index (χ3v) is 8.29. The Kier molecular flexibility index (Phi) is 7.70. The van der Waals surface area contributed by atoms with Crippen LogP contribution < -0.4 is 5.32 Å². The van der Waals surface area contributed by atoms with Gasteiger partial charge in [0.1, 0.15) is 0 Å². The summed E-state index contributed by atoms with van der Waals surface area (Å²) in [6.45, 7) is 1.42. The number of amides is 1. The standard InChI is InChI=1S/C30H30N4O3S/c35-30(32-18-7-20-33-21-19-31-23-33)13-6-10-26-22-34(29-12-5-4-11-28(26)29)38(36,37)27-16-14-25(15-17-27)24-8-2-1-3-9-24/h1-5,8-9,11-12,14-17,19,21-23H,6-7,10,13,18,20H2,(H,32,35). The zero-order valence-corrected chi connectivity index (χ0v) is 21.8. The summed E-state index contributed by atoms with van der Waals surface area (Å²) in [5.74, 6) is 0.00509. The van der Waals surface area contributed by atoms with Crippen LogP contribution in [0.2, 0.25) is 0 Å². The molecule has 1 amide bonds. The zero-order chi connectivity index (χ0) is 26.4. The van der Waals surface area contributed by atoms with Gasteiger partial charge in [-0.2, -0.15) is 0 Å². The van der Waals surface area contributed by atoms with E-state index in [1.165, 1.54) is 3.97 Å². The van der Waals surface area contributed by atoms with E-state index >= 15 is 0 Å². The van der Waals surface area contributed by atoms with Gasteiger partial charge < -0.3 is 9.88 Å². The second-order valence-electron chi connectivity index (χ2n) is 9.22. The highest BCUT2D eigenvalue weighted by Crippen LogP contribution is 2.28. The fourth-order valence-corrected chi connectivity index (χ4v) is 6.01. The predicted octanol–water partition coefficient (Wildman–Crippen LogP) is 5.27. The first-order chi connectivity index (χ1) is 18.5. The SMILES string of the molecule is O=C(CCCc1cn(S(=O)(=O)c2ccc(-c3ccccc3)cc2)c2ccccc12)NCCCn1ccnc1. The molecule has 0 aliphatic heterocycles. The van der Waals surface area contributed by atoms with Gasteiger partial charge in [-0.15, -0.1) is 0 Å². The Morgan fingerprint density at radius 3 is 2.37 bits per heavy atom. The largest absolute Gasteiger partial charge is 0.356 e. The molecule has 2 aromatic heterocycles. The van der Waals surface area contributed by atoms with Crippen LogP contribution >= 0.6 is 0 Å². The van der Waals surface area contributed by atoms with Gasteiger partial charge in [-0.1, -0.05) is 60.7 Å². The van der Waals surface area contributed by atoms with Crippen molar-refractivity contribution < 1.29 is 13.2 Å². The molecule has 0 spiro atoms. The molecular formula is C30H30N4O3S. The summed E-state index contributed by atoms with van der Waals surface area (Å²) < 4.78 is 30.6. The summed E-state index contributed by atoms with van der Waals surface area (Å²) in [6, 6.07) is 24.4. The van der Waals surface area contributed by atoms with Gasteiger partial charge in [-0.25, -0.2) is 17.4 Å². The van der Waals surface area contributed by atoms with E-state index in [1.807, 2.05) is 77.5 Å². The van der Waals surface area contributed by atoms with Crippen molar-refractivity contribution >= 4 is 26.8 Å². The number of nitrogens with zero attached hydrogens (tertiary/aromatic N) is 3. The number of benzene rings is 3. The van der Waals surface area contributed by atoms with Crippen molar-refractivity contribution in [2.45, 2.75) is 37.1 Å². The molecule has 0 atom stereocenters. The minimum atomic E-state index is -3.79. The van der Waals surface area contributed by atoms with E-state index in [9.17, 15) is 13.2 Å². The Balaban J connectivity index is 1.25. The van der Waals surface area contributed by atoms with Crippen LogP contribution in [0, 0.1) is 0 Å². The van der Waals surface area contributed by atoms with E-state index in [0.717, 1.165) is 35.0 Å².